The van der Waals surface area contributed by atoms with E-state index in [0.717, 1.165) is 0 Å². The third-order valence-electron chi connectivity index (χ3n) is 3.08. The zero-order chi connectivity index (χ0) is 12.8. The molecule has 0 saturated heterocycles. The Balaban J connectivity index is 2.29. The lowest BCUT2D eigenvalue weighted by Crippen LogP contribution is -1.96. The fraction of sp³-hybridized carbons (Fsp3) is 0.111. The van der Waals surface area contributed by atoms with Gasteiger partial charge in [0.25, 0.3) is 0 Å². The minimum atomic E-state index is 0.284. The quantitative estimate of drug-likeness (QED) is 0.649. The van der Waals surface area contributed by atoms with Gasteiger partial charge in [-0.05, 0) is 18.1 Å². The molecule has 0 heterocycles. The largest absolute Gasteiger partial charge is 0.102 e. The highest BCUT2D eigenvalue weighted by molar-refractivity contribution is 5.55. The van der Waals surface area contributed by atoms with Gasteiger partial charge in [0.15, 0.2) is 0 Å². The van der Waals surface area contributed by atoms with Crippen molar-refractivity contribution in [2.24, 2.45) is 0 Å². The second-order valence-corrected chi connectivity index (χ2v) is 4.42. The highest BCUT2D eigenvalue weighted by Crippen LogP contribution is 2.26. The van der Waals surface area contributed by atoms with E-state index in [4.69, 9.17) is 0 Å². The summed E-state index contributed by atoms with van der Waals surface area (Å²) in [6.07, 6.45) is 4.23. The molecule has 1 atom stereocenters. The van der Waals surface area contributed by atoms with E-state index in [-0.39, 0.29) is 5.92 Å². The van der Waals surface area contributed by atoms with Crippen LogP contribution in [0.3, 0.4) is 0 Å². The zero-order valence-corrected chi connectivity index (χ0v) is 10.7. The molecule has 2 rings (SSSR count). The average molecular weight is 234 g/mol. The van der Waals surface area contributed by atoms with Crippen LogP contribution in [0.2, 0.25) is 0 Å². The molecule has 0 aromatic heterocycles. The molecule has 0 saturated carbocycles. The van der Waals surface area contributed by atoms with Gasteiger partial charge < -0.3 is 0 Å². The molecule has 0 aliphatic heterocycles. The van der Waals surface area contributed by atoms with Gasteiger partial charge in [0.2, 0.25) is 0 Å². The Labute approximate surface area is 109 Å². The Morgan fingerprint density at radius 1 is 0.944 bits per heavy atom. The van der Waals surface area contributed by atoms with Crippen LogP contribution in [0.15, 0.2) is 78.9 Å². The predicted molar refractivity (Wildman–Crippen MR) is 79.5 cm³/mol. The van der Waals surface area contributed by atoms with E-state index >= 15 is 0 Å². The number of hydrogen-bond donors (Lipinski definition) is 0. The van der Waals surface area contributed by atoms with Crippen molar-refractivity contribution in [3.8, 4) is 0 Å². The molecular formula is C18H18. The van der Waals surface area contributed by atoms with Gasteiger partial charge in [0, 0.05) is 5.92 Å². The third-order valence-corrected chi connectivity index (χ3v) is 3.08. The molecule has 0 fully saturated rings. The van der Waals surface area contributed by atoms with Crippen molar-refractivity contribution in [1.82, 2.24) is 0 Å². The molecule has 0 amide bonds. The molecule has 0 radical (unpaired) electrons. The van der Waals surface area contributed by atoms with Crippen LogP contribution >= 0.6 is 0 Å². The highest BCUT2D eigenvalue weighted by Gasteiger charge is 2.08. The van der Waals surface area contributed by atoms with Crippen LogP contribution in [0.1, 0.15) is 24.0 Å². The van der Waals surface area contributed by atoms with Crippen molar-refractivity contribution < 1.29 is 0 Å². The first-order chi connectivity index (χ1) is 8.81. The van der Waals surface area contributed by atoms with Crippen LogP contribution in [0.4, 0.5) is 0 Å². The van der Waals surface area contributed by atoms with E-state index in [9.17, 15) is 0 Å². The molecule has 90 valence electrons. The molecule has 2 aromatic carbocycles. The Morgan fingerprint density at radius 2 is 1.50 bits per heavy atom. The lowest BCUT2D eigenvalue weighted by atomic mass is 9.91. The fourth-order valence-corrected chi connectivity index (χ4v) is 2.15. The second kappa shape index (κ2) is 6.02. The predicted octanol–water partition coefficient (Wildman–Crippen LogP) is 5.06. The number of benzene rings is 2. The van der Waals surface area contributed by atoms with Crippen molar-refractivity contribution >= 4 is 6.08 Å². The summed E-state index contributed by atoms with van der Waals surface area (Å²) < 4.78 is 0. The molecule has 0 nitrogen and oxygen atoms in total. The minimum Gasteiger partial charge on any atom is -0.102 e. The maximum absolute atomic E-state index is 3.96. The number of allylic oxidation sites excluding steroid dienone is 2. The van der Waals surface area contributed by atoms with E-state index < -0.39 is 0 Å². The van der Waals surface area contributed by atoms with Crippen molar-refractivity contribution in [2.75, 3.05) is 0 Å². The Kier molecular flexibility index (Phi) is 4.14. The van der Waals surface area contributed by atoms with Crippen LogP contribution in [0, 0.1) is 0 Å². The molecular weight excluding hydrogens is 216 g/mol. The summed E-state index contributed by atoms with van der Waals surface area (Å²) >= 11 is 0. The summed E-state index contributed by atoms with van der Waals surface area (Å²) in [5.74, 6) is 0.284. The molecule has 0 bridgehead atoms. The minimum absolute atomic E-state index is 0.284. The topological polar surface area (TPSA) is 0 Å². The zero-order valence-electron chi connectivity index (χ0n) is 10.7. The summed E-state index contributed by atoms with van der Waals surface area (Å²) in [5, 5.41) is 0. The van der Waals surface area contributed by atoms with Crippen LogP contribution in [-0.4, -0.2) is 0 Å². The maximum Gasteiger partial charge on any atom is 0.0226 e. The Bertz CT molecular complexity index is 520. The average Bonchev–Trinajstić information content (AvgIpc) is 2.42. The molecule has 0 heteroatoms. The van der Waals surface area contributed by atoms with Crippen LogP contribution in [0.25, 0.3) is 6.08 Å². The second-order valence-electron chi connectivity index (χ2n) is 4.42. The van der Waals surface area contributed by atoms with Crippen molar-refractivity contribution in [3.05, 3.63) is 90.0 Å². The van der Waals surface area contributed by atoms with Crippen molar-refractivity contribution in [3.63, 3.8) is 0 Å². The first kappa shape index (κ1) is 12.4. The van der Waals surface area contributed by atoms with Gasteiger partial charge >= 0.3 is 0 Å². The van der Waals surface area contributed by atoms with Gasteiger partial charge in [-0.25, -0.2) is 0 Å². The van der Waals surface area contributed by atoms with Crippen molar-refractivity contribution in [2.45, 2.75) is 12.8 Å². The number of rotatable bonds is 4. The normalized spacial score (nSPS) is 13.1. The lowest BCUT2D eigenvalue weighted by molar-refractivity contribution is 1.00. The molecule has 0 aliphatic carbocycles. The van der Waals surface area contributed by atoms with Gasteiger partial charge in [0.1, 0.15) is 0 Å². The van der Waals surface area contributed by atoms with E-state index in [1.807, 2.05) is 18.2 Å². The van der Waals surface area contributed by atoms with Gasteiger partial charge in [-0.15, -0.1) is 6.58 Å². The summed E-state index contributed by atoms with van der Waals surface area (Å²) in [7, 11) is 0. The molecule has 18 heavy (non-hydrogen) atoms. The van der Waals surface area contributed by atoms with Crippen LogP contribution in [-0.2, 0) is 0 Å². The summed E-state index contributed by atoms with van der Waals surface area (Å²) in [5.41, 5.74) is 3.83. The molecule has 0 aliphatic rings. The highest BCUT2D eigenvalue weighted by atomic mass is 14.1. The van der Waals surface area contributed by atoms with Gasteiger partial charge in [0.05, 0.1) is 0 Å². The van der Waals surface area contributed by atoms with Gasteiger partial charge in [-0.2, -0.15) is 0 Å². The summed E-state index contributed by atoms with van der Waals surface area (Å²) in [6, 6.07) is 20.9. The van der Waals surface area contributed by atoms with Crippen LogP contribution < -0.4 is 0 Å². The van der Waals surface area contributed by atoms with Crippen LogP contribution in [0.5, 0.6) is 0 Å². The molecule has 2 aromatic rings. The van der Waals surface area contributed by atoms with E-state index in [2.05, 4.69) is 68.1 Å². The lowest BCUT2D eigenvalue weighted by Gasteiger charge is -2.14. The maximum atomic E-state index is 3.96. The summed E-state index contributed by atoms with van der Waals surface area (Å²) in [6.45, 7) is 6.12. The smallest absolute Gasteiger partial charge is 0.0226 e. The fourth-order valence-electron chi connectivity index (χ4n) is 2.15. The van der Waals surface area contributed by atoms with Crippen molar-refractivity contribution in [1.29, 1.82) is 0 Å². The standard InChI is InChI=1S/C18H18/c1-3-18(17-12-8-5-9-13-17)15(2)14-16-10-6-4-7-11-16/h3-14,18H,1H2,2H3/b15-14+. The SMILES string of the molecule is C=CC(/C(C)=C/c1ccccc1)c1ccccc1. The van der Waals surface area contributed by atoms with Gasteiger partial charge in [-0.3, -0.25) is 0 Å². The first-order valence-electron chi connectivity index (χ1n) is 6.22. The first-order valence-corrected chi connectivity index (χ1v) is 6.22. The number of hydrogen-bond acceptors (Lipinski definition) is 0. The molecule has 1 unspecified atom stereocenters. The monoisotopic (exact) mass is 234 g/mol. The molecule has 0 spiro atoms. The van der Waals surface area contributed by atoms with E-state index in [1.165, 1.54) is 16.7 Å². The Morgan fingerprint density at radius 3 is 2.06 bits per heavy atom. The third kappa shape index (κ3) is 2.98. The Hall–Kier alpha value is -2.08. The molecule has 0 N–H and O–H groups in total. The van der Waals surface area contributed by atoms with Gasteiger partial charge in [-0.1, -0.05) is 78.4 Å². The van der Waals surface area contributed by atoms with E-state index in [0.29, 0.717) is 0 Å². The van der Waals surface area contributed by atoms with E-state index in [1.54, 1.807) is 0 Å². The summed E-state index contributed by atoms with van der Waals surface area (Å²) in [4.78, 5) is 0.